The molecule has 0 fully saturated rings. The maximum Gasteiger partial charge on any atom is 0.230 e. The van der Waals surface area contributed by atoms with Crippen molar-refractivity contribution in [1.82, 2.24) is 20.1 Å². The Labute approximate surface area is 170 Å². The molecular weight excluding hydrogens is 368 g/mol. The van der Waals surface area contributed by atoms with Gasteiger partial charge in [-0.05, 0) is 31.4 Å². The summed E-state index contributed by atoms with van der Waals surface area (Å²) in [7, 11) is 0. The summed E-state index contributed by atoms with van der Waals surface area (Å²) in [6.07, 6.45) is 1.62. The minimum absolute atomic E-state index is 0.0159. The highest BCUT2D eigenvalue weighted by atomic mass is 32.2. The van der Waals surface area contributed by atoms with Crippen molar-refractivity contribution in [2.75, 3.05) is 5.75 Å². The summed E-state index contributed by atoms with van der Waals surface area (Å²) in [6.45, 7) is 4.71. The molecular formula is C22H26N4OS. The number of benzene rings is 2. The molecule has 1 aromatic heterocycles. The van der Waals surface area contributed by atoms with Crippen LogP contribution in [0.15, 0.2) is 65.8 Å². The Morgan fingerprint density at radius 1 is 1.00 bits per heavy atom. The minimum Gasteiger partial charge on any atom is -0.353 e. The van der Waals surface area contributed by atoms with Gasteiger partial charge < -0.3 is 9.88 Å². The lowest BCUT2D eigenvalue weighted by molar-refractivity contribution is -0.119. The van der Waals surface area contributed by atoms with E-state index in [1.807, 2.05) is 38.1 Å². The van der Waals surface area contributed by atoms with Gasteiger partial charge in [0.2, 0.25) is 5.91 Å². The first kappa shape index (κ1) is 20.1. The summed E-state index contributed by atoms with van der Waals surface area (Å²) < 4.78 is 2.15. The predicted octanol–water partition coefficient (Wildman–Crippen LogP) is 3.73. The van der Waals surface area contributed by atoms with E-state index < -0.39 is 0 Å². The zero-order valence-corrected chi connectivity index (χ0v) is 17.2. The smallest absolute Gasteiger partial charge is 0.230 e. The lowest BCUT2D eigenvalue weighted by Gasteiger charge is -2.11. The van der Waals surface area contributed by atoms with Crippen LogP contribution in [0.2, 0.25) is 0 Å². The van der Waals surface area contributed by atoms with Crippen molar-refractivity contribution < 1.29 is 4.79 Å². The summed E-state index contributed by atoms with van der Waals surface area (Å²) in [5.41, 5.74) is 2.47. The molecule has 0 saturated heterocycles. The molecule has 0 radical (unpaired) electrons. The number of nitrogens with zero attached hydrogens (tertiary/aromatic N) is 3. The molecule has 6 heteroatoms. The zero-order chi connectivity index (χ0) is 19.8. The van der Waals surface area contributed by atoms with E-state index in [1.54, 1.807) is 0 Å². The molecule has 0 bridgehead atoms. The van der Waals surface area contributed by atoms with Crippen molar-refractivity contribution in [2.24, 2.45) is 0 Å². The van der Waals surface area contributed by atoms with E-state index in [1.165, 1.54) is 22.9 Å². The first-order valence-corrected chi connectivity index (χ1v) is 10.5. The Kier molecular flexibility index (Phi) is 7.25. The lowest BCUT2D eigenvalue weighted by Crippen LogP contribution is -2.31. The maximum absolute atomic E-state index is 12.0. The van der Waals surface area contributed by atoms with Gasteiger partial charge in [-0.1, -0.05) is 72.4 Å². The van der Waals surface area contributed by atoms with Gasteiger partial charge in [0.1, 0.15) is 5.82 Å². The van der Waals surface area contributed by atoms with E-state index in [4.69, 9.17) is 0 Å². The Bertz CT molecular complexity index is 878. The van der Waals surface area contributed by atoms with Gasteiger partial charge in [0.15, 0.2) is 5.16 Å². The molecule has 0 unspecified atom stereocenters. The van der Waals surface area contributed by atoms with Crippen molar-refractivity contribution in [3.05, 3.63) is 77.6 Å². The average Bonchev–Trinajstić information content (AvgIpc) is 3.07. The Morgan fingerprint density at radius 2 is 1.64 bits per heavy atom. The van der Waals surface area contributed by atoms with Gasteiger partial charge in [-0.3, -0.25) is 4.79 Å². The normalized spacial score (nSPS) is 11.0. The quantitative estimate of drug-likeness (QED) is 0.562. The number of amides is 1. The van der Waals surface area contributed by atoms with E-state index >= 15 is 0 Å². The lowest BCUT2D eigenvalue weighted by atomic mass is 10.1. The fourth-order valence-corrected chi connectivity index (χ4v) is 3.73. The van der Waals surface area contributed by atoms with Crippen molar-refractivity contribution in [2.45, 2.75) is 44.4 Å². The number of nitrogens with one attached hydrogen (secondary N) is 1. The second-order valence-electron chi connectivity index (χ2n) is 6.96. The van der Waals surface area contributed by atoms with Crippen LogP contribution in [0.3, 0.4) is 0 Å². The standard InChI is InChI=1S/C22H26N4OS/c1-17(2)23-21(27)16-28-22-25-24-20(15-19-11-7-4-8-12-19)26(22)14-13-18-9-5-3-6-10-18/h3-12,17H,13-16H2,1-2H3,(H,23,27). The number of aromatic nitrogens is 3. The molecule has 0 atom stereocenters. The van der Waals surface area contributed by atoms with Crippen LogP contribution in [0.25, 0.3) is 0 Å². The van der Waals surface area contributed by atoms with E-state index in [0.717, 1.165) is 30.4 Å². The van der Waals surface area contributed by atoms with Gasteiger partial charge >= 0.3 is 0 Å². The molecule has 1 heterocycles. The predicted molar refractivity (Wildman–Crippen MR) is 113 cm³/mol. The number of aryl methyl sites for hydroxylation is 1. The highest BCUT2D eigenvalue weighted by Crippen LogP contribution is 2.20. The van der Waals surface area contributed by atoms with Crippen LogP contribution in [0.5, 0.6) is 0 Å². The van der Waals surface area contributed by atoms with Gasteiger partial charge in [0, 0.05) is 19.0 Å². The van der Waals surface area contributed by atoms with Crippen LogP contribution in [0.1, 0.15) is 30.8 Å². The molecule has 1 amide bonds. The van der Waals surface area contributed by atoms with Crippen LogP contribution in [0.4, 0.5) is 0 Å². The number of rotatable bonds is 9. The Hall–Kier alpha value is -2.60. The van der Waals surface area contributed by atoms with Crippen LogP contribution in [-0.4, -0.2) is 32.5 Å². The molecule has 2 aromatic carbocycles. The van der Waals surface area contributed by atoms with Gasteiger partial charge in [0.25, 0.3) is 0 Å². The average molecular weight is 395 g/mol. The van der Waals surface area contributed by atoms with Gasteiger partial charge in [-0.15, -0.1) is 10.2 Å². The number of thioether (sulfide) groups is 1. The van der Waals surface area contributed by atoms with Crippen molar-refractivity contribution in [1.29, 1.82) is 0 Å². The molecule has 0 saturated carbocycles. The van der Waals surface area contributed by atoms with E-state index in [0.29, 0.717) is 5.75 Å². The number of carbonyl (C=O) groups is 1. The SMILES string of the molecule is CC(C)NC(=O)CSc1nnc(Cc2ccccc2)n1CCc1ccccc1. The van der Waals surface area contributed by atoms with Crippen LogP contribution >= 0.6 is 11.8 Å². The van der Waals surface area contributed by atoms with Crippen molar-refractivity contribution >= 4 is 17.7 Å². The molecule has 5 nitrogen and oxygen atoms in total. The maximum atomic E-state index is 12.0. The molecule has 0 spiro atoms. The number of hydrogen-bond acceptors (Lipinski definition) is 4. The van der Waals surface area contributed by atoms with Gasteiger partial charge in [0.05, 0.1) is 5.75 Å². The third kappa shape index (κ3) is 5.96. The van der Waals surface area contributed by atoms with Crippen molar-refractivity contribution in [3.63, 3.8) is 0 Å². The third-order valence-corrected chi connectivity index (χ3v) is 5.21. The van der Waals surface area contributed by atoms with Gasteiger partial charge in [-0.2, -0.15) is 0 Å². The molecule has 3 aromatic rings. The molecule has 146 valence electrons. The highest BCUT2D eigenvalue weighted by Gasteiger charge is 2.15. The van der Waals surface area contributed by atoms with E-state index in [-0.39, 0.29) is 11.9 Å². The summed E-state index contributed by atoms with van der Waals surface area (Å²) in [5, 5.41) is 12.5. The first-order chi connectivity index (χ1) is 13.6. The topological polar surface area (TPSA) is 59.8 Å². The molecule has 1 N–H and O–H groups in total. The summed E-state index contributed by atoms with van der Waals surface area (Å²) in [4.78, 5) is 12.0. The summed E-state index contributed by atoms with van der Waals surface area (Å²) in [6, 6.07) is 20.8. The number of hydrogen-bond donors (Lipinski definition) is 1. The van der Waals surface area contributed by atoms with Crippen LogP contribution < -0.4 is 5.32 Å². The fourth-order valence-electron chi connectivity index (χ4n) is 2.94. The minimum atomic E-state index is 0.0159. The zero-order valence-electron chi connectivity index (χ0n) is 16.3. The second kappa shape index (κ2) is 10.1. The first-order valence-electron chi connectivity index (χ1n) is 9.54. The van der Waals surface area contributed by atoms with E-state index in [9.17, 15) is 4.79 Å². The van der Waals surface area contributed by atoms with E-state index in [2.05, 4.69) is 56.5 Å². The second-order valence-corrected chi connectivity index (χ2v) is 7.90. The largest absolute Gasteiger partial charge is 0.353 e. The molecule has 0 aliphatic heterocycles. The molecule has 3 rings (SSSR count). The molecule has 28 heavy (non-hydrogen) atoms. The van der Waals surface area contributed by atoms with Crippen molar-refractivity contribution in [3.8, 4) is 0 Å². The van der Waals surface area contributed by atoms with Crippen LogP contribution in [0, 0.1) is 0 Å². The van der Waals surface area contributed by atoms with Crippen LogP contribution in [-0.2, 0) is 24.2 Å². The summed E-state index contributed by atoms with van der Waals surface area (Å²) >= 11 is 1.44. The number of carbonyl (C=O) groups excluding carboxylic acids is 1. The highest BCUT2D eigenvalue weighted by molar-refractivity contribution is 7.99. The Balaban J connectivity index is 1.75. The monoisotopic (exact) mass is 394 g/mol. The third-order valence-electron chi connectivity index (χ3n) is 4.25. The Morgan fingerprint density at radius 3 is 2.29 bits per heavy atom. The molecule has 0 aliphatic rings. The fraction of sp³-hybridized carbons (Fsp3) is 0.318. The molecule has 0 aliphatic carbocycles. The summed E-state index contributed by atoms with van der Waals surface area (Å²) in [5.74, 6) is 1.28. The van der Waals surface area contributed by atoms with Gasteiger partial charge in [-0.25, -0.2) is 0 Å².